The van der Waals surface area contributed by atoms with E-state index in [4.69, 9.17) is 62.0 Å². The van der Waals surface area contributed by atoms with Crippen molar-refractivity contribution < 1.29 is 42.8 Å². The summed E-state index contributed by atoms with van der Waals surface area (Å²) in [7, 11) is 0.0601. The maximum Gasteiger partial charge on any atom is 0.410 e. The smallest absolute Gasteiger partial charge is 0.410 e. The van der Waals surface area contributed by atoms with Crippen LogP contribution in [0, 0.1) is 11.8 Å². The molecule has 0 spiro atoms. The van der Waals surface area contributed by atoms with Crippen molar-refractivity contribution in [3.63, 3.8) is 0 Å². The lowest BCUT2D eigenvalue weighted by Gasteiger charge is -2.35. The molecule has 9 rings (SSSR count). The zero-order chi connectivity index (χ0) is 67.6. The molecule has 4 atom stereocenters. The third-order valence-electron chi connectivity index (χ3n) is 15.7. The van der Waals surface area contributed by atoms with Crippen molar-refractivity contribution in [3.05, 3.63) is 17.2 Å². The SMILES string of the molecule is CC(C)(C)OC(=O)N1CCC(CBr)CC1.CC(C)(C)[Si](C)(C)OCCBr.CCC[C@H](C)O.CCC[C@H](C)Oc1nc(N)c2[nH]c(OC)nc2n1.CCC[C@H](C)Oc1nc(N)c2c(n1)N(CC1CCNCC1)C(=O)C2.Nc1nc(Cl)nc2c1ncn2C1CCCCO1. The molecule has 0 radical (unpaired) electrons. The Kier molecular flexibility index (Phi) is 33.1. The van der Waals surface area contributed by atoms with Gasteiger partial charge in [0.15, 0.2) is 31.2 Å². The highest BCUT2D eigenvalue weighted by molar-refractivity contribution is 9.09. The van der Waals surface area contributed by atoms with Crippen LogP contribution in [-0.4, -0.2) is 167 Å². The monoisotopic (exact) mass is 1440 g/mol. The summed E-state index contributed by atoms with van der Waals surface area (Å²) in [5.41, 5.74) is 20.2. The van der Waals surface area contributed by atoms with Crippen LogP contribution >= 0.6 is 43.5 Å². The number of amides is 2. The lowest BCUT2D eigenvalue weighted by Crippen LogP contribution is -2.41. The number of aromatic nitrogens is 10. The van der Waals surface area contributed by atoms with Gasteiger partial charge in [-0.1, -0.05) is 92.7 Å². The molecule has 0 aromatic carbocycles. The highest BCUT2D eigenvalue weighted by Gasteiger charge is 2.37. The molecule has 3 fully saturated rings. The number of piperidine rings is 2. The molecule has 2 amide bonds. The van der Waals surface area contributed by atoms with Crippen LogP contribution in [0.15, 0.2) is 6.33 Å². The first-order valence-electron chi connectivity index (χ1n) is 32.2. The molecule has 0 bridgehead atoms. The number of aromatic amines is 1. The van der Waals surface area contributed by atoms with E-state index in [1.54, 1.807) is 11.2 Å². The number of aliphatic hydroxyl groups excluding tert-OH is 1. The van der Waals surface area contributed by atoms with Crippen LogP contribution in [-0.2, 0) is 25.1 Å². The molecule has 5 aromatic heterocycles. The van der Waals surface area contributed by atoms with Gasteiger partial charge in [0.05, 0.1) is 38.2 Å². The van der Waals surface area contributed by atoms with Crippen LogP contribution in [0.4, 0.5) is 28.1 Å². The number of fused-ring (bicyclic) bond motifs is 3. The Morgan fingerprint density at radius 2 is 1.44 bits per heavy atom. The van der Waals surface area contributed by atoms with Gasteiger partial charge in [0.1, 0.15) is 34.5 Å². The maximum absolute atomic E-state index is 12.4. The zero-order valence-electron chi connectivity index (χ0n) is 56.8. The minimum absolute atomic E-state index is 0.0286. The van der Waals surface area contributed by atoms with Gasteiger partial charge in [-0.05, 0) is 160 Å². The second kappa shape index (κ2) is 38.4. The molecule has 0 aliphatic carbocycles. The summed E-state index contributed by atoms with van der Waals surface area (Å²) < 4.78 is 35.1. The molecule has 3 saturated heterocycles. The largest absolute Gasteiger partial charge is 0.468 e. The number of halogens is 3. The summed E-state index contributed by atoms with van der Waals surface area (Å²) in [6.07, 6.45) is 15.2. The van der Waals surface area contributed by atoms with Crippen molar-refractivity contribution >= 4 is 109 Å². The van der Waals surface area contributed by atoms with Crippen LogP contribution in [0.5, 0.6) is 18.0 Å². The van der Waals surface area contributed by atoms with Gasteiger partial charge in [-0.15, -0.1) is 0 Å². The first kappa shape index (κ1) is 78.5. The van der Waals surface area contributed by atoms with Crippen LogP contribution < -0.4 is 41.6 Å². The molecular formula is C62H107Br2ClN16O9Si. The fraction of sp³-hybridized carbons (Fsp3) is 0.742. The Morgan fingerprint density at radius 1 is 0.824 bits per heavy atom. The highest BCUT2D eigenvalue weighted by Crippen LogP contribution is 2.37. The van der Waals surface area contributed by atoms with Crippen molar-refractivity contribution in [1.82, 2.24) is 59.6 Å². The molecule has 29 heteroatoms. The molecule has 25 nitrogen and oxygen atoms in total. The minimum atomic E-state index is -1.46. The van der Waals surface area contributed by atoms with Gasteiger partial charge in [-0.2, -0.15) is 34.9 Å². The number of hydrogen-bond acceptors (Lipinski definition) is 21. The number of anilines is 4. The number of nitrogens with two attached hydrogens (primary N) is 3. The van der Waals surface area contributed by atoms with Crippen molar-refractivity contribution in [1.29, 1.82) is 0 Å². The Morgan fingerprint density at radius 3 is 1.97 bits per heavy atom. The van der Waals surface area contributed by atoms with E-state index in [1.165, 1.54) is 7.11 Å². The number of likely N-dealkylation sites (tertiary alicyclic amines) is 1. The molecule has 1 unspecified atom stereocenters. The van der Waals surface area contributed by atoms with Gasteiger partial charge in [0.25, 0.3) is 6.01 Å². The minimum Gasteiger partial charge on any atom is -0.468 e. The third-order valence-corrected chi connectivity index (χ3v) is 21.7. The van der Waals surface area contributed by atoms with Crippen molar-refractivity contribution in [2.45, 2.75) is 221 Å². The molecule has 9 N–H and O–H groups in total. The number of imidazole rings is 2. The molecule has 514 valence electrons. The summed E-state index contributed by atoms with van der Waals surface area (Å²) in [5, 5.41) is 14.4. The summed E-state index contributed by atoms with van der Waals surface area (Å²) in [5.74, 6) is 2.88. The Labute approximate surface area is 562 Å². The second-order valence-electron chi connectivity index (χ2n) is 25.9. The summed E-state index contributed by atoms with van der Waals surface area (Å²) in [4.78, 5) is 64.0. The number of nitrogens with zero attached hydrogens (tertiary/aromatic N) is 11. The fourth-order valence-corrected chi connectivity index (χ4v) is 12.0. The predicted molar refractivity (Wildman–Crippen MR) is 372 cm³/mol. The van der Waals surface area contributed by atoms with Gasteiger partial charge in [-0.3, -0.25) is 14.3 Å². The average Bonchev–Trinajstić information content (AvgIpc) is 1.68. The van der Waals surface area contributed by atoms with E-state index < -0.39 is 8.32 Å². The van der Waals surface area contributed by atoms with E-state index in [1.807, 2.05) is 51.0 Å². The van der Waals surface area contributed by atoms with Crippen LogP contribution in [0.2, 0.25) is 23.4 Å². The van der Waals surface area contributed by atoms with Gasteiger partial charge in [-0.25, -0.2) is 9.78 Å². The number of carbonyl (C=O) groups excluding carboxylic acids is 2. The quantitative estimate of drug-likeness (QED) is 0.0270. The van der Waals surface area contributed by atoms with E-state index in [9.17, 15) is 9.59 Å². The number of carbonyl (C=O) groups is 2. The molecule has 91 heavy (non-hydrogen) atoms. The molecule has 4 aliphatic rings. The summed E-state index contributed by atoms with van der Waals surface area (Å²) >= 11 is 12.7. The van der Waals surface area contributed by atoms with Crippen LogP contribution in [0.1, 0.15) is 178 Å². The van der Waals surface area contributed by atoms with E-state index in [0.29, 0.717) is 75.0 Å². The standard InChI is InChI=1S/C17H27N5O2.C11H20BrNO2.C11H17N5O2.C10H12ClN5O.C8H19BrOSi.C5H12O/c1-3-4-11(2)24-17-20-15(18)13-9-14(23)22(16(13)21-17)10-12-5-7-19-8-6-12;1-11(2,3)15-10(14)13-6-4-9(8-12)5-7-13;1-4-5-6(2)18-11-14-8(12)7-9(16-11)15-10(13-7)17-3;11-10-14-8(12)7-9(15-10)16(5-13-7)6-3-1-2-4-17-6;1-8(2,3)11(4,5)10-7-6-9;1-3-4-5(2)6/h11-12,19H,3-10H2,1-2H3,(H2,18,20,21);9H,4-8H2,1-3H3;6H,4-5H2,1-3H3,(H3,12,13,14,15,16);5-6H,1-4H2,(H2,12,14,15);6-7H2,1-5H3;5-6H,3-4H2,1-2H3/t11-;;6-;;;5-/m0.0..0/s1. The predicted octanol–water partition coefficient (Wildman–Crippen LogP) is 12.4. The lowest BCUT2D eigenvalue weighted by molar-refractivity contribution is -0.117. The van der Waals surface area contributed by atoms with Gasteiger partial charge < -0.3 is 65.6 Å². The highest BCUT2D eigenvalue weighted by atomic mass is 79.9. The first-order chi connectivity index (χ1) is 43.0. The fourth-order valence-electron chi connectivity index (χ4n) is 9.70. The van der Waals surface area contributed by atoms with E-state index >= 15 is 0 Å². The van der Waals surface area contributed by atoms with E-state index in [2.05, 4.69) is 137 Å². The van der Waals surface area contributed by atoms with Crippen molar-refractivity contribution in [2.24, 2.45) is 11.8 Å². The van der Waals surface area contributed by atoms with Crippen molar-refractivity contribution in [2.75, 3.05) is 85.8 Å². The summed E-state index contributed by atoms with van der Waals surface area (Å²) in [6.45, 7) is 35.0. The molecule has 0 saturated carbocycles. The topological polar surface area (TPSA) is 330 Å². The van der Waals surface area contributed by atoms with E-state index in [0.717, 1.165) is 139 Å². The number of nitrogen functional groups attached to an aromatic ring is 3. The number of ether oxygens (including phenoxy) is 5. The van der Waals surface area contributed by atoms with Gasteiger partial charge in [0, 0.05) is 49.1 Å². The summed E-state index contributed by atoms with van der Waals surface area (Å²) in [6, 6.07) is 0.872. The molecule has 9 heterocycles. The number of methoxy groups -OCH3 is 1. The van der Waals surface area contributed by atoms with E-state index in [-0.39, 0.29) is 65.9 Å². The molecule has 5 aromatic rings. The van der Waals surface area contributed by atoms with Gasteiger partial charge in [0.2, 0.25) is 11.2 Å². The number of H-pyrrole nitrogens is 1. The third kappa shape index (κ3) is 26.0. The number of aliphatic hydroxyl groups is 1. The second-order valence-corrected chi connectivity index (χ2v) is 32.4. The Balaban J connectivity index is 0.000000242. The normalized spacial score (nSPS) is 17.3. The number of alkyl halides is 2. The van der Waals surface area contributed by atoms with Crippen LogP contribution in [0.3, 0.4) is 0 Å². The Bertz CT molecular complexity index is 2970. The number of hydrogen-bond donors (Lipinski definition) is 6. The van der Waals surface area contributed by atoms with Crippen molar-refractivity contribution in [3.8, 4) is 18.0 Å². The first-order valence-corrected chi connectivity index (χ1v) is 37.8. The average molecular weight is 1440 g/mol. The van der Waals surface area contributed by atoms with Crippen LogP contribution in [0.25, 0.3) is 22.3 Å². The lowest BCUT2D eigenvalue weighted by atomic mass is 9.98. The molecular weight excluding hydrogens is 1340 g/mol. The zero-order valence-corrected chi connectivity index (χ0v) is 61.7. The number of nitrogens with one attached hydrogen (secondary N) is 2. The molecule has 4 aliphatic heterocycles. The maximum atomic E-state index is 12.4. The Hall–Kier alpha value is -4.97. The number of rotatable bonds is 18. The van der Waals surface area contributed by atoms with Gasteiger partial charge >= 0.3 is 18.1 Å².